The molecule has 164 valence electrons. The van der Waals surface area contributed by atoms with Crippen molar-refractivity contribution in [3.05, 3.63) is 58.4 Å². The van der Waals surface area contributed by atoms with E-state index in [1.807, 2.05) is 44.5 Å². The lowest BCUT2D eigenvalue weighted by Crippen LogP contribution is -2.48. The number of benzene rings is 2. The number of morpholine rings is 1. The summed E-state index contributed by atoms with van der Waals surface area (Å²) in [6, 6.07) is 12.1. The van der Waals surface area contributed by atoms with Crippen LogP contribution in [0, 0.1) is 6.92 Å². The maximum atomic E-state index is 13.0. The Kier molecular flexibility index (Phi) is 5.87. The lowest BCUT2D eigenvalue weighted by molar-refractivity contribution is -0.0440. The number of aromatic nitrogens is 1. The smallest absolute Gasteiger partial charge is 0.279 e. The van der Waals surface area contributed by atoms with E-state index in [2.05, 4.69) is 11.1 Å². The molecule has 0 bridgehead atoms. The number of carbonyl (C=O) groups excluding carboxylic acids is 1. The number of fused-ring (bicyclic) bond motifs is 1. The first-order chi connectivity index (χ1) is 14.6. The number of thiazole rings is 1. The molecule has 1 aliphatic rings. The summed E-state index contributed by atoms with van der Waals surface area (Å²) >= 11 is 1.45. The van der Waals surface area contributed by atoms with Crippen LogP contribution in [0.25, 0.3) is 10.2 Å². The van der Waals surface area contributed by atoms with Crippen LogP contribution < -0.4 is 4.80 Å². The van der Waals surface area contributed by atoms with E-state index in [-0.39, 0.29) is 17.1 Å². The number of hydrogen-bond donors (Lipinski definition) is 0. The Morgan fingerprint density at radius 3 is 2.39 bits per heavy atom. The first-order valence-corrected chi connectivity index (χ1v) is 12.3. The zero-order valence-corrected chi connectivity index (χ0v) is 19.5. The van der Waals surface area contributed by atoms with Gasteiger partial charge in [-0.3, -0.25) is 4.79 Å². The SMILES string of the molecule is Cc1ccc2c(c1)sc(=NC(=O)c1ccc(S(=O)(=O)N3C[C@H](C)O[C@@H](C)C3)cc1)n2C. The number of rotatable bonds is 3. The van der Waals surface area contributed by atoms with Crippen LogP contribution in [0.3, 0.4) is 0 Å². The van der Waals surface area contributed by atoms with E-state index in [0.717, 1.165) is 15.8 Å². The summed E-state index contributed by atoms with van der Waals surface area (Å²) in [4.78, 5) is 17.7. The van der Waals surface area contributed by atoms with E-state index in [1.54, 1.807) is 0 Å². The van der Waals surface area contributed by atoms with Crippen LogP contribution in [0.1, 0.15) is 29.8 Å². The van der Waals surface area contributed by atoms with Crippen molar-refractivity contribution in [2.75, 3.05) is 13.1 Å². The summed E-state index contributed by atoms with van der Waals surface area (Å²) in [5.41, 5.74) is 2.50. The van der Waals surface area contributed by atoms with Gasteiger partial charge in [-0.25, -0.2) is 8.42 Å². The second-order valence-corrected chi connectivity index (χ2v) is 10.9. The molecule has 1 aliphatic heterocycles. The first-order valence-electron chi connectivity index (χ1n) is 10.1. The van der Waals surface area contributed by atoms with Gasteiger partial charge in [-0.05, 0) is 62.7 Å². The Bertz CT molecular complexity index is 1300. The zero-order valence-electron chi connectivity index (χ0n) is 17.9. The molecule has 2 heterocycles. The molecule has 0 radical (unpaired) electrons. The van der Waals surface area contributed by atoms with E-state index in [4.69, 9.17) is 4.74 Å². The zero-order chi connectivity index (χ0) is 22.3. The Morgan fingerprint density at radius 2 is 1.74 bits per heavy atom. The average Bonchev–Trinajstić information content (AvgIpc) is 3.01. The highest BCUT2D eigenvalue weighted by Crippen LogP contribution is 2.22. The highest BCUT2D eigenvalue weighted by molar-refractivity contribution is 7.89. The van der Waals surface area contributed by atoms with E-state index in [0.29, 0.717) is 23.5 Å². The van der Waals surface area contributed by atoms with Crippen LogP contribution in [0.2, 0.25) is 0 Å². The minimum Gasteiger partial charge on any atom is -0.373 e. The van der Waals surface area contributed by atoms with Gasteiger partial charge in [-0.15, -0.1) is 0 Å². The highest BCUT2D eigenvalue weighted by Gasteiger charge is 2.32. The molecule has 0 spiro atoms. The van der Waals surface area contributed by atoms with Crippen LogP contribution in [0.5, 0.6) is 0 Å². The van der Waals surface area contributed by atoms with Crippen LogP contribution >= 0.6 is 11.3 Å². The van der Waals surface area contributed by atoms with E-state index in [9.17, 15) is 13.2 Å². The molecule has 1 amide bonds. The lowest BCUT2D eigenvalue weighted by Gasteiger charge is -2.34. The predicted octanol–water partition coefficient (Wildman–Crippen LogP) is 3.09. The summed E-state index contributed by atoms with van der Waals surface area (Å²) in [6.07, 6.45) is -0.326. The number of nitrogens with zero attached hydrogens (tertiary/aromatic N) is 3. The molecule has 0 unspecified atom stereocenters. The normalized spacial score (nSPS) is 21.0. The predicted molar refractivity (Wildman–Crippen MR) is 121 cm³/mol. The average molecular weight is 460 g/mol. The van der Waals surface area contributed by atoms with Crippen molar-refractivity contribution in [1.82, 2.24) is 8.87 Å². The Hall–Kier alpha value is -2.33. The van der Waals surface area contributed by atoms with Gasteiger partial charge in [0.2, 0.25) is 10.0 Å². The minimum atomic E-state index is -3.65. The molecule has 2 aromatic carbocycles. The maximum absolute atomic E-state index is 13.0. The maximum Gasteiger partial charge on any atom is 0.279 e. The van der Waals surface area contributed by atoms with Crippen LogP contribution in [-0.4, -0.2) is 48.5 Å². The number of aryl methyl sites for hydroxylation is 2. The minimum absolute atomic E-state index is 0.160. The number of carbonyl (C=O) groups is 1. The third-order valence-electron chi connectivity index (χ3n) is 5.29. The van der Waals surface area contributed by atoms with Gasteiger partial charge in [0, 0.05) is 25.7 Å². The standard InChI is InChI=1S/C22H25N3O4S2/c1-14-5-10-19-20(11-14)30-22(24(19)4)23-21(26)17-6-8-18(9-7-17)31(27,28)25-12-15(2)29-16(3)13-25/h5-11,15-16H,12-13H2,1-4H3/t15-,16-/m0/s1. The molecule has 4 rings (SSSR count). The second kappa shape index (κ2) is 8.31. The van der Waals surface area contributed by atoms with E-state index >= 15 is 0 Å². The van der Waals surface area contributed by atoms with Crippen molar-refractivity contribution in [3.8, 4) is 0 Å². The largest absolute Gasteiger partial charge is 0.373 e. The molecule has 2 atom stereocenters. The molecule has 0 N–H and O–H groups in total. The molecule has 1 saturated heterocycles. The molecule has 0 saturated carbocycles. The summed E-state index contributed by atoms with van der Waals surface area (Å²) in [5.74, 6) is -0.406. The van der Waals surface area contributed by atoms with Crippen molar-refractivity contribution in [2.45, 2.75) is 37.9 Å². The van der Waals surface area contributed by atoms with Crippen LogP contribution in [0.4, 0.5) is 0 Å². The molecular formula is C22H25N3O4S2. The van der Waals surface area contributed by atoms with Gasteiger partial charge in [0.1, 0.15) is 0 Å². The van der Waals surface area contributed by atoms with Crippen molar-refractivity contribution < 1.29 is 17.9 Å². The topological polar surface area (TPSA) is 81.0 Å². The highest BCUT2D eigenvalue weighted by atomic mass is 32.2. The van der Waals surface area contributed by atoms with Gasteiger partial charge < -0.3 is 9.30 Å². The van der Waals surface area contributed by atoms with E-state index < -0.39 is 15.9 Å². The molecule has 31 heavy (non-hydrogen) atoms. The van der Waals surface area contributed by atoms with Gasteiger partial charge in [0.25, 0.3) is 5.91 Å². The van der Waals surface area contributed by atoms with Crippen molar-refractivity contribution in [3.63, 3.8) is 0 Å². The lowest BCUT2D eigenvalue weighted by atomic mass is 10.2. The Morgan fingerprint density at radius 1 is 1.10 bits per heavy atom. The quantitative estimate of drug-likeness (QED) is 0.603. The van der Waals surface area contributed by atoms with Gasteiger partial charge in [0.05, 0.1) is 27.3 Å². The van der Waals surface area contributed by atoms with Crippen LogP contribution in [-0.2, 0) is 21.8 Å². The van der Waals surface area contributed by atoms with E-state index in [1.165, 1.54) is 39.9 Å². The number of sulfonamides is 1. The molecule has 9 heteroatoms. The Balaban J connectivity index is 1.60. The molecular weight excluding hydrogens is 434 g/mol. The van der Waals surface area contributed by atoms with Gasteiger partial charge in [0.15, 0.2) is 4.80 Å². The molecule has 1 aromatic heterocycles. The van der Waals surface area contributed by atoms with Gasteiger partial charge >= 0.3 is 0 Å². The molecule has 0 aliphatic carbocycles. The van der Waals surface area contributed by atoms with Gasteiger partial charge in [-0.1, -0.05) is 17.4 Å². The summed E-state index contributed by atoms with van der Waals surface area (Å²) in [7, 11) is -1.77. The second-order valence-electron chi connectivity index (χ2n) is 7.94. The number of ether oxygens (including phenoxy) is 1. The fourth-order valence-corrected chi connectivity index (χ4v) is 6.45. The fourth-order valence-electron chi connectivity index (χ4n) is 3.74. The van der Waals surface area contributed by atoms with Gasteiger partial charge in [-0.2, -0.15) is 9.30 Å². The molecule has 3 aromatic rings. The molecule has 1 fully saturated rings. The third-order valence-corrected chi connectivity index (χ3v) is 8.23. The summed E-state index contributed by atoms with van der Waals surface area (Å²) < 4.78 is 36.0. The fraction of sp³-hybridized carbons (Fsp3) is 0.364. The number of hydrogen-bond acceptors (Lipinski definition) is 5. The van der Waals surface area contributed by atoms with Crippen molar-refractivity contribution in [2.24, 2.45) is 12.0 Å². The summed E-state index contributed by atoms with van der Waals surface area (Å²) in [5, 5.41) is 0. The third kappa shape index (κ3) is 4.36. The van der Waals surface area contributed by atoms with Crippen LogP contribution in [0.15, 0.2) is 52.4 Å². The van der Waals surface area contributed by atoms with Crippen molar-refractivity contribution >= 4 is 37.5 Å². The first kappa shape index (κ1) is 21.9. The monoisotopic (exact) mass is 459 g/mol. The Labute approximate surface area is 185 Å². The summed E-state index contributed by atoms with van der Waals surface area (Å²) in [6.45, 7) is 6.36. The number of amides is 1. The molecule has 7 nitrogen and oxygen atoms in total. The van der Waals surface area contributed by atoms with Crippen molar-refractivity contribution in [1.29, 1.82) is 0 Å².